The molecular formula is C21H17F3N2O4. The molecule has 6 nitrogen and oxygen atoms in total. The van der Waals surface area contributed by atoms with Crippen molar-refractivity contribution in [1.29, 1.82) is 0 Å². The Morgan fingerprint density at radius 3 is 2.57 bits per heavy atom. The van der Waals surface area contributed by atoms with E-state index in [9.17, 15) is 28.2 Å². The van der Waals surface area contributed by atoms with Crippen LogP contribution in [0.3, 0.4) is 0 Å². The van der Waals surface area contributed by atoms with Gasteiger partial charge in [-0.2, -0.15) is 18.3 Å². The number of halogens is 3. The molecule has 0 radical (unpaired) electrons. The monoisotopic (exact) mass is 418 g/mol. The molecule has 156 valence electrons. The minimum absolute atomic E-state index is 0.123. The molecular weight excluding hydrogens is 401 g/mol. The van der Waals surface area contributed by atoms with Gasteiger partial charge in [-0.05, 0) is 28.3 Å². The van der Waals surface area contributed by atoms with Crippen molar-refractivity contribution in [3.05, 3.63) is 65.5 Å². The number of nitrogens with zero attached hydrogens (tertiary/aromatic N) is 2. The Hall–Kier alpha value is -3.17. The van der Waals surface area contributed by atoms with E-state index in [0.717, 1.165) is 0 Å². The highest BCUT2D eigenvalue weighted by Gasteiger charge is 2.61. The van der Waals surface area contributed by atoms with Crippen LogP contribution in [0.2, 0.25) is 0 Å². The molecule has 9 heteroatoms. The van der Waals surface area contributed by atoms with Crippen molar-refractivity contribution in [3.8, 4) is 22.3 Å². The number of benzene rings is 2. The van der Waals surface area contributed by atoms with Crippen molar-refractivity contribution < 1.29 is 33.3 Å². The van der Waals surface area contributed by atoms with Gasteiger partial charge in [-0.1, -0.05) is 30.3 Å². The number of carboxylic acids is 1. The fraction of sp³-hybridized carbons (Fsp3) is 0.238. The van der Waals surface area contributed by atoms with E-state index in [1.807, 2.05) is 0 Å². The molecule has 0 amide bonds. The average molecular weight is 418 g/mol. The lowest BCUT2D eigenvalue weighted by Gasteiger charge is -2.28. The van der Waals surface area contributed by atoms with Gasteiger partial charge in [0.05, 0.1) is 25.8 Å². The van der Waals surface area contributed by atoms with Gasteiger partial charge >= 0.3 is 12.1 Å². The first-order valence-corrected chi connectivity index (χ1v) is 9.08. The molecule has 0 spiro atoms. The number of hydrogen-bond donors (Lipinski definition) is 3. The molecule has 0 fully saturated rings. The molecule has 1 aromatic heterocycles. The minimum Gasteiger partial charge on any atom is -0.481 e. The first-order chi connectivity index (χ1) is 14.2. The summed E-state index contributed by atoms with van der Waals surface area (Å²) >= 11 is 0. The van der Waals surface area contributed by atoms with Crippen LogP contribution in [0.25, 0.3) is 22.3 Å². The smallest absolute Gasteiger partial charge is 0.425 e. The Bertz CT molecular complexity index is 1140. The first-order valence-electron chi connectivity index (χ1n) is 9.08. The summed E-state index contributed by atoms with van der Waals surface area (Å²) in [7, 11) is 0. The van der Waals surface area contributed by atoms with Crippen LogP contribution in [0, 0.1) is 0 Å². The predicted octanol–water partition coefficient (Wildman–Crippen LogP) is 3.30. The normalized spacial score (nSPS) is 17.6. The number of aliphatic hydroxyl groups is 2. The Balaban J connectivity index is 1.85. The molecule has 0 unspecified atom stereocenters. The third-order valence-electron chi connectivity index (χ3n) is 5.32. The van der Waals surface area contributed by atoms with Crippen LogP contribution in [-0.2, 0) is 23.5 Å². The summed E-state index contributed by atoms with van der Waals surface area (Å²) in [5.41, 5.74) is -2.27. The number of fused-ring (bicyclic) bond motifs is 3. The molecule has 4 rings (SSSR count). The van der Waals surface area contributed by atoms with Crippen LogP contribution >= 0.6 is 0 Å². The van der Waals surface area contributed by atoms with Gasteiger partial charge in [-0.15, -0.1) is 0 Å². The molecule has 2 aromatic carbocycles. The van der Waals surface area contributed by atoms with E-state index in [4.69, 9.17) is 5.11 Å². The fourth-order valence-corrected chi connectivity index (χ4v) is 3.89. The van der Waals surface area contributed by atoms with Crippen molar-refractivity contribution >= 4 is 5.97 Å². The zero-order valence-corrected chi connectivity index (χ0v) is 15.5. The number of carbonyl (C=O) groups is 1. The molecule has 0 bridgehead atoms. The maximum absolute atomic E-state index is 14.1. The topological polar surface area (TPSA) is 95.6 Å². The van der Waals surface area contributed by atoms with Crippen LogP contribution in [0.4, 0.5) is 13.2 Å². The van der Waals surface area contributed by atoms with Gasteiger partial charge in [0.25, 0.3) is 0 Å². The summed E-state index contributed by atoms with van der Waals surface area (Å²) < 4.78 is 43.6. The van der Waals surface area contributed by atoms with Gasteiger partial charge in [0.1, 0.15) is 0 Å². The summed E-state index contributed by atoms with van der Waals surface area (Å²) in [5.74, 6) is -0.989. The van der Waals surface area contributed by atoms with E-state index in [2.05, 4.69) is 5.10 Å². The summed E-state index contributed by atoms with van der Waals surface area (Å²) in [6.07, 6.45) is -2.15. The largest absolute Gasteiger partial charge is 0.481 e. The van der Waals surface area contributed by atoms with E-state index in [1.54, 1.807) is 12.3 Å². The molecule has 3 N–H and O–H groups in total. The fourth-order valence-electron chi connectivity index (χ4n) is 3.89. The second-order valence-corrected chi connectivity index (χ2v) is 7.10. The maximum Gasteiger partial charge on any atom is 0.425 e. The molecule has 30 heavy (non-hydrogen) atoms. The molecule has 0 saturated heterocycles. The van der Waals surface area contributed by atoms with Gasteiger partial charge in [0, 0.05) is 22.9 Å². The van der Waals surface area contributed by atoms with Gasteiger partial charge in [-0.25, -0.2) is 0 Å². The Morgan fingerprint density at radius 1 is 1.13 bits per heavy atom. The van der Waals surface area contributed by atoms with Crippen molar-refractivity contribution in [3.63, 3.8) is 0 Å². The summed E-state index contributed by atoms with van der Waals surface area (Å²) in [4.78, 5) is 10.7. The highest BCUT2D eigenvalue weighted by molar-refractivity contribution is 5.85. The van der Waals surface area contributed by atoms with E-state index >= 15 is 0 Å². The quantitative estimate of drug-likeness (QED) is 0.591. The number of carboxylic acid groups (broad SMARTS) is 1. The van der Waals surface area contributed by atoms with E-state index < -0.39 is 24.4 Å². The van der Waals surface area contributed by atoms with Crippen LogP contribution in [0.1, 0.15) is 23.1 Å². The van der Waals surface area contributed by atoms with Crippen molar-refractivity contribution in [1.82, 2.24) is 9.78 Å². The second-order valence-electron chi connectivity index (χ2n) is 7.10. The lowest BCUT2D eigenvalue weighted by atomic mass is 9.89. The molecule has 1 aliphatic carbocycles. The number of aryl methyl sites for hydroxylation is 1. The lowest BCUT2D eigenvalue weighted by Crippen LogP contribution is -2.41. The summed E-state index contributed by atoms with van der Waals surface area (Å²) in [5, 5.41) is 33.3. The molecule has 0 aliphatic heterocycles. The number of hydrogen-bond acceptors (Lipinski definition) is 4. The average Bonchev–Trinajstić information content (AvgIpc) is 3.28. The molecule has 1 atom stereocenters. The van der Waals surface area contributed by atoms with Gasteiger partial charge in [-0.3, -0.25) is 9.48 Å². The van der Waals surface area contributed by atoms with Crippen LogP contribution < -0.4 is 0 Å². The summed E-state index contributed by atoms with van der Waals surface area (Å²) in [6.45, 7) is -0.341. The maximum atomic E-state index is 14.1. The van der Waals surface area contributed by atoms with Crippen LogP contribution in [0.15, 0.2) is 48.8 Å². The zero-order valence-electron chi connectivity index (χ0n) is 15.5. The number of aromatic nitrogens is 2. The standard InChI is InChI=1S/C21H17F3N2O4/c22-21(23,24)20(30)16-3-1-2-13(11-27)19(16)15-5-4-12(8-17(15)20)14-9-25-26(10-14)7-6-18(28)29/h1-5,8-10,27,30H,6-7,11H2,(H,28,29)/t20-/m0/s1. The highest BCUT2D eigenvalue weighted by atomic mass is 19.4. The zero-order chi connectivity index (χ0) is 21.7. The Kier molecular flexibility index (Phi) is 4.67. The van der Waals surface area contributed by atoms with Crippen molar-refractivity contribution in [2.75, 3.05) is 0 Å². The van der Waals surface area contributed by atoms with Gasteiger partial charge in [0.15, 0.2) is 0 Å². The summed E-state index contributed by atoms with van der Waals surface area (Å²) in [6, 6.07) is 8.47. The van der Waals surface area contributed by atoms with Crippen LogP contribution in [-0.4, -0.2) is 37.2 Å². The Labute approximate surface area is 168 Å². The number of rotatable bonds is 5. The van der Waals surface area contributed by atoms with E-state index in [-0.39, 0.29) is 35.2 Å². The first kappa shape index (κ1) is 20.1. The van der Waals surface area contributed by atoms with Crippen molar-refractivity contribution in [2.24, 2.45) is 0 Å². The van der Waals surface area contributed by atoms with Crippen LogP contribution in [0.5, 0.6) is 0 Å². The minimum atomic E-state index is -4.98. The Morgan fingerprint density at radius 2 is 1.90 bits per heavy atom. The van der Waals surface area contributed by atoms with Crippen molar-refractivity contribution in [2.45, 2.75) is 31.3 Å². The molecule has 1 aliphatic rings. The van der Waals surface area contributed by atoms with E-state index in [0.29, 0.717) is 16.7 Å². The predicted molar refractivity (Wildman–Crippen MR) is 100 cm³/mol. The van der Waals surface area contributed by atoms with Gasteiger partial charge < -0.3 is 15.3 Å². The third kappa shape index (κ3) is 2.98. The SMILES string of the molecule is O=C(O)CCn1cc(-c2ccc3c(c2)[C@](O)(C(F)(F)F)c2cccc(CO)c2-3)cn1. The second kappa shape index (κ2) is 6.96. The number of aliphatic carboxylic acids is 1. The molecule has 0 saturated carbocycles. The number of alkyl halides is 3. The molecule has 1 heterocycles. The van der Waals surface area contributed by atoms with E-state index in [1.165, 1.54) is 41.2 Å². The number of aliphatic hydroxyl groups excluding tert-OH is 1. The molecule has 3 aromatic rings. The van der Waals surface area contributed by atoms with Gasteiger partial charge in [0.2, 0.25) is 5.60 Å². The third-order valence-corrected chi connectivity index (χ3v) is 5.32. The highest BCUT2D eigenvalue weighted by Crippen LogP contribution is 2.56. The lowest BCUT2D eigenvalue weighted by molar-refractivity contribution is -0.246.